The summed E-state index contributed by atoms with van der Waals surface area (Å²) in [6.07, 6.45) is 4.90. The number of rotatable bonds is 3. The number of nitrogens with one attached hydrogen (secondary N) is 1. The lowest BCUT2D eigenvalue weighted by Crippen LogP contribution is -2.42. The van der Waals surface area contributed by atoms with Gasteiger partial charge in [-0.25, -0.2) is 8.93 Å². The second-order valence-corrected chi connectivity index (χ2v) is 6.82. The van der Waals surface area contributed by atoms with Crippen LogP contribution in [0, 0.1) is 0 Å². The predicted octanol–water partition coefficient (Wildman–Crippen LogP) is 2.35. The molecule has 3 unspecified atom stereocenters. The summed E-state index contributed by atoms with van der Waals surface area (Å²) in [6.45, 7) is 3.96. The molecule has 13 heavy (non-hydrogen) atoms. The van der Waals surface area contributed by atoms with Crippen molar-refractivity contribution >= 4 is 26.9 Å². The zero-order valence-electron chi connectivity index (χ0n) is 8.25. The van der Waals surface area contributed by atoms with E-state index in [0.717, 1.165) is 6.42 Å². The van der Waals surface area contributed by atoms with E-state index in [0.29, 0.717) is 10.9 Å². The summed E-state index contributed by atoms with van der Waals surface area (Å²) in [4.78, 5) is 0.504. The summed E-state index contributed by atoms with van der Waals surface area (Å²) in [7, 11) is -0.870. The molecule has 0 aromatic heterocycles. The highest BCUT2D eigenvalue weighted by Crippen LogP contribution is 2.24. The lowest BCUT2D eigenvalue weighted by atomic mass is 9.96. The Kier molecular flexibility index (Phi) is 4.90. The van der Waals surface area contributed by atoms with Gasteiger partial charge in [-0.05, 0) is 26.7 Å². The molecule has 1 aliphatic carbocycles. The quantitative estimate of drug-likeness (QED) is 0.782. The number of alkyl halides is 1. The van der Waals surface area contributed by atoms with Crippen LogP contribution >= 0.6 is 15.9 Å². The van der Waals surface area contributed by atoms with E-state index >= 15 is 0 Å². The molecule has 0 aliphatic heterocycles. The van der Waals surface area contributed by atoms with Crippen LogP contribution in [0.25, 0.3) is 0 Å². The maximum Gasteiger partial charge on any atom is 0.0944 e. The summed E-state index contributed by atoms with van der Waals surface area (Å²) in [5.41, 5.74) is 0. The maximum absolute atomic E-state index is 11.5. The van der Waals surface area contributed by atoms with Gasteiger partial charge in [0.25, 0.3) is 0 Å². The van der Waals surface area contributed by atoms with E-state index in [9.17, 15) is 4.21 Å². The highest BCUT2D eigenvalue weighted by Gasteiger charge is 2.24. The smallest absolute Gasteiger partial charge is 0.0944 e. The zero-order chi connectivity index (χ0) is 9.84. The lowest BCUT2D eigenvalue weighted by Gasteiger charge is -2.28. The van der Waals surface area contributed by atoms with E-state index in [4.69, 9.17) is 0 Å². The van der Waals surface area contributed by atoms with Crippen molar-refractivity contribution in [3.8, 4) is 0 Å². The maximum atomic E-state index is 11.5. The van der Waals surface area contributed by atoms with Crippen LogP contribution in [-0.2, 0) is 11.0 Å². The molecule has 0 aromatic carbocycles. The standard InChI is InChI=1S/C9H18BrNOS/c1-7(2)13(12)11-9-6-4-3-5-8(9)10/h7-9,11H,3-6H2,1-2H3. The molecule has 3 atom stereocenters. The Bertz CT molecular complexity index is 186. The summed E-state index contributed by atoms with van der Waals surface area (Å²) < 4.78 is 14.7. The van der Waals surface area contributed by atoms with Gasteiger partial charge in [-0.3, -0.25) is 0 Å². The van der Waals surface area contributed by atoms with Crippen LogP contribution < -0.4 is 4.72 Å². The molecule has 0 heterocycles. The predicted molar refractivity (Wildman–Crippen MR) is 61.4 cm³/mol. The van der Waals surface area contributed by atoms with Crippen LogP contribution in [0.5, 0.6) is 0 Å². The minimum atomic E-state index is -0.870. The van der Waals surface area contributed by atoms with Gasteiger partial charge in [-0.2, -0.15) is 0 Å². The minimum Gasteiger partial charge on any atom is -0.243 e. The van der Waals surface area contributed by atoms with Crippen molar-refractivity contribution in [3.05, 3.63) is 0 Å². The van der Waals surface area contributed by atoms with E-state index in [2.05, 4.69) is 20.7 Å². The monoisotopic (exact) mass is 267 g/mol. The largest absolute Gasteiger partial charge is 0.243 e. The second kappa shape index (κ2) is 5.47. The molecule has 0 aromatic rings. The Morgan fingerprint density at radius 2 is 2.00 bits per heavy atom. The fourth-order valence-corrected chi connectivity index (χ4v) is 3.25. The molecule has 2 nitrogen and oxygen atoms in total. The van der Waals surface area contributed by atoms with Crippen LogP contribution in [0.2, 0.25) is 0 Å². The Morgan fingerprint density at radius 3 is 2.54 bits per heavy atom. The number of hydrogen-bond donors (Lipinski definition) is 1. The molecule has 1 fully saturated rings. The van der Waals surface area contributed by atoms with Gasteiger partial charge in [0.2, 0.25) is 0 Å². The van der Waals surface area contributed by atoms with E-state index < -0.39 is 11.0 Å². The van der Waals surface area contributed by atoms with Crippen molar-refractivity contribution in [3.63, 3.8) is 0 Å². The van der Waals surface area contributed by atoms with E-state index in [1.54, 1.807) is 0 Å². The summed E-state index contributed by atoms with van der Waals surface area (Å²) in [5, 5.41) is 0.210. The van der Waals surface area contributed by atoms with Crippen molar-refractivity contribution in [2.24, 2.45) is 0 Å². The molecule has 0 saturated heterocycles. The van der Waals surface area contributed by atoms with Gasteiger partial charge in [-0.1, -0.05) is 28.8 Å². The van der Waals surface area contributed by atoms with E-state index in [-0.39, 0.29) is 5.25 Å². The van der Waals surface area contributed by atoms with Crippen LogP contribution in [0.3, 0.4) is 0 Å². The average molecular weight is 268 g/mol. The van der Waals surface area contributed by atoms with Crippen LogP contribution in [0.15, 0.2) is 0 Å². The third kappa shape index (κ3) is 3.68. The van der Waals surface area contributed by atoms with Crippen LogP contribution in [0.4, 0.5) is 0 Å². The molecule has 0 bridgehead atoms. The molecule has 1 aliphatic rings. The minimum absolute atomic E-state index is 0.210. The molecule has 78 valence electrons. The fraction of sp³-hybridized carbons (Fsp3) is 1.00. The van der Waals surface area contributed by atoms with Crippen molar-refractivity contribution in [1.82, 2.24) is 4.72 Å². The topological polar surface area (TPSA) is 29.1 Å². The van der Waals surface area contributed by atoms with Gasteiger partial charge in [0.05, 0.1) is 11.0 Å². The molecule has 0 radical (unpaired) electrons. The SMILES string of the molecule is CC(C)S(=O)NC1CCCCC1Br. The third-order valence-electron chi connectivity index (χ3n) is 2.38. The highest BCUT2D eigenvalue weighted by atomic mass is 79.9. The first kappa shape index (κ1) is 11.7. The molecule has 1 N–H and O–H groups in total. The first-order chi connectivity index (χ1) is 6.11. The normalized spacial score (nSPS) is 32.0. The summed E-state index contributed by atoms with van der Waals surface area (Å²) in [5.74, 6) is 0. The van der Waals surface area contributed by atoms with Gasteiger partial charge in [0, 0.05) is 16.1 Å². The van der Waals surface area contributed by atoms with Crippen molar-refractivity contribution in [2.75, 3.05) is 0 Å². The van der Waals surface area contributed by atoms with Gasteiger partial charge < -0.3 is 0 Å². The van der Waals surface area contributed by atoms with Crippen molar-refractivity contribution < 1.29 is 4.21 Å². The Balaban J connectivity index is 2.38. The summed E-state index contributed by atoms with van der Waals surface area (Å²) >= 11 is 3.64. The summed E-state index contributed by atoms with van der Waals surface area (Å²) in [6, 6.07) is 0.400. The average Bonchev–Trinajstić information content (AvgIpc) is 2.08. The van der Waals surface area contributed by atoms with Gasteiger partial charge in [-0.15, -0.1) is 0 Å². The second-order valence-electron chi connectivity index (χ2n) is 3.87. The zero-order valence-corrected chi connectivity index (χ0v) is 10.7. The third-order valence-corrected chi connectivity index (χ3v) is 4.86. The van der Waals surface area contributed by atoms with Gasteiger partial charge in [0.1, 0.15) is 0 Å². The number of halogens is 1. The van der Waals surface area contributed by atoms with Crippen molar-refractivity contribution in [2.45, 2.75) is 55.6 Å². The van der Waals surface area contributed by atoms with E-state index in [1.807, 2.05) is 13.8 Å². The van der Waals surface area contributed by atoms with Crippen LogP contribution in [0.1, 0.15) is 39.5 Å². The fourth-order valence-electron chi connectivity index (χ4n) is 1.50. The lowest BCUT2D eigenvalue weighted by molar-refractivity contribution is 0.434. The molecular formula is C9H18BrNOS. The molecule has 0 spiro atoms. The first-order valence-corrected chi connectivity index (χ1v) is 7.05. The molecule has 4 heteroatoms. The molecule has 1 rings (SSSR count). The molecule has 1 saturated carbocycles. The van der Waals surface area contributed by atoms with Gasteiger partial charge in [0.15, 0.2) is 0 Å². The highest BCUT2D eigenvalue weighted by molar-refractivity contribution is 9.09. The Hall–Kier alpha value is 0.590. The number of hydrogen-bond acceptors (Lipinski definition) is 1. The Labute approximate surface area is 91.6 Å². The van der Waals surface area contributed by atoms with Crippen LogP contribution in [-0.4, -0.2) is 20.3 Å². The first-order valence-electron chi connectivity index (χ1n) is 4.92. The molecule has 0 amide bonds. The van der Waals surface area contributed by atoms with Crippen molar-refractivity contribution in [1.29, 1.82) is 0 Å². The van der Waals surface area contributed by atoms with Gasteiger partial charge >= 0.3 is 0 Å². The van der Waals surface area contributed by atoms with E-state index in [1.165, 1.54) is 19.3 Å². The molecular weight excluding hydrogens is 250 g/mol. The Morgan fingerprint density at radius 1 is 1.38 bits per heavy atom.